The second-order valence-corrected chi connectivity index (χ2v) is 8.82. The molecule has 0 unspecified atom stereocenters. The van der Waals surface area contributed by atoms with Gasteiger partial charge in [0.05, 0.1) is 37.6 Å². The highest BCUT2D eigenvalue weighted by molar-refractivity contribution is 7.85. The van der Waals surface area contributed by atoms with E-state index in [0.29, 0.717) is 31.8 Å². The minimum Gasteiger partial charge on any atom is -0.489 e. The third-order valence-corrected chi connectivity index (χ3v) is 5.22. The lowest BCUT2D eigenvalue weighted by molar-refractivity contribution is -0.137. The lowest BCUT2D eigenvalue weighted by atomic mass is 10.2. The molecular weight excluding hydrogens is 463 g/mol. The van der Waals surface area contributed by atoms with E-state index in [0.717, 1.165) is 24.1 Å². The van der Waals surface area contributed by atoms with Gasteiger partial charge in [0.25, 0.3) is 16.6 Å². The van der Waals surface area contributed by atoms with E-state index in [1.807, 2.05) is 35.2 Å². The Labute approximate surface area is 191 Å². The number of ether oxygens (including phenoxy) is 2. The van der Waals surface area contributed by atoms with E-state index >= 15 is 0 Å². The van der Waals surface area contributed by atoms with Gasteiger partial charge in [-0.3, -0.25) is 8.98 Å². The van der Waals surface area contributed by atoms with Crippen LogP contribution in [0.25, 0.3) is 0 Å². The van der Waals surface area contributed by atoms with Crippen molar-refractivity contribution in [3.05, 3.63) is 60.2 Å². The number of nitrogens with zero attached hydrogens (tertiary/aromatic N) is 1. The molecule has 0 N–H and O–H groups in total. The minimum absolute atomic E-state index is 0.0272. The largest absolute Gasteiger partial charge is 0.489 e. The normalized spacial score (nSPS) is 18.3. The number of rotatable bonds is 8. The summed E-state index contributed by atoms with van der Waals surface area (Å²) in [4.78, 5) is 11.2. The first-order valence-electron chi connectivity index (χ1n) is 10.1. The molecule has 1 aliphatic rings. The summed E-state index contributed by atoms with van der Waals surface area (Å²) in [5.41, 5.74) is 0.153. The Bertz CT molecular complexity index is 968. The topological polar surface area (TPSA) is 82.1 Å². The number of carbonyl (C=O) groups excluding carboxylic acids is 1. The Morgan fingerprint density at radius 3 is 2.21 bits per heavy atom. The summed E-state index contributed by atoms with van der Waals surface area (Å²) in [6, 6.07) is 13.7. The number of hydrogen-bond donors (Lipinski definition) is 0. The Kier molecular flexibility index (Phi) is 9.54. The summed E-state index contributed by atoms with van der Waals surface area (Å²) < 4.78 is 75.7. The van der Waals surface area contributed by atoms with Crippen molar-refractivity contribution in [2.75, 3.05) is 30.9 Å². The van der Waals surface area contributed by atoms with Crippen LogP contribution in [0.3, 0.4) is 0 Å². The lowest BCUT2D eigenvalue weighted by Crippen LogP contribution is -2.34. The summed E-state index contributed by atoms with van der Waals surface area (Å²) in [5, 5.41) is 0. The molecule has 3 rings (SSSR count). The van der Waals surface area contributed by atoms with Gasteiger partial charge in [0.15, 0.2) is 0 Å². The Balaban J connectivity index is 0.000000696. The highest BCUT2D eigenvalue weighted by atomic mass is 32.2. The van der Waals surface area contributed by atoms with Crippen LogP contribution in [0.4, 0.5) is 18.9 Å². The maximum atomic E-state index is 12.7. The molecule has 1 fully saturated rings. The number of halogens is 3. The first kappa shape index (κ1) is 26.5. The summed E-state index contributed by atoms with van der Waals surface area (Å²) in [5.74, 6) is 0.329. The molecule has 0 aliphatic carbocycles. The molecule has 7 nitrogen and oxygen atoms in total. The van der Waals surface area contributed by atoms with Crippen LogP contribution >= 0.6 is 0 Å². The minimum atomic E-state index is -4.40. The van der Waals surface area contributed by atoms with E-state index in [9.17, 15) is 26.4 Å². The molecule has 33 heavy (non-hydrogen) atoms. The van der Waals surface area contributed by atoms with Gasteiger partial charge in [-0.05, 0) is 43.3 Å². The molecule has 1 saturated heterocycles. The van der Waals surface area contributed by atoms with Crippen molar-refractivity contribution in [3.63, 3.8) is 0 Å². The zero-order valence-corrected chi connectivity index (χ0v) is 19.0. The molecule has 0 radical (unpaired) electrons. The van der Waals surface area contributed by atoms with Crippen LogP contribution in [0.15, 0.2) is 54.6 Å². The second-order valence-electron chi connectivity index (χ2n) is 7.18. The molecule has 0 saturated carbocycles. The fourth-order valence-corrected chi connectivity index (χ4v) is 3.64. The van der Waals surface area contributed by atoms with Crippen LogP contribution in [0, 0.1) is 0 Å². The van der Waals surface area contributed by atoms with Crippen LogP contribution in [0.1, 0.15) is 18.9 Å². The molecule has 1 heterocycles. The molecular formula is C22H26F3NO6S. The molecule has 0 spiro atoms. The predicted molar refractivity (Wildman–Crippen MR) is 117 cm³/mol. The van der Waals surface area contributed by atoms with Gasteiger partial charge in [-0.15, -0.1) is 0 Å². The molecule has 2 aromatic carbocycles. The molecule has 0 aromatic heterocycles. The fourth-order valence-electron chi connectivity index (χ4n) is 3.24. The number of benzene rings is 2. The lowest BCUT2D eigenvalue weighted by Gasteiger charge is -2.25. The van der Waals surface area contributed by atoms with Crippen LogP contribution in [0.5, 0.6) is 5.75 Å². The van der Waals surface area contributed by atoms with Crippen LogP contribution in [0.2, 0.25) is 0 Å². The van der Waals surface area contributed by atoms with Crippen molar-refractivity contribution in [2.24, 2.45) is 0 Å². The van der Waals surface area contributed by atoms with Crippen molar-refractivity contribution < 1.29 is 40.0 Å². The van der Waals surface area contributed by atoms with Gasteiger partial charge in [-0.1, -0.05) is 18.2 Å². The van der Waals surface area contributed by atoms with Gasteiger partial charge in [0, 0.05) is 12.1 Å². The summed E-state index contributed by atoms with van der Waals surface area (Å²) in [6.07, 6.45) is -3.24. The molecule has 182 valence electrons. The highest BCUT2D eigenvalue weighted by Crippen LogP contribution is 2.32. The first-order chi connectivity index (χ1) is 15.5. The average molecular weight is 490 g/mol. The molecule has 0 amide bonds. The number of hydrogen-bond acceptors (Lipinski definition) is 7. The Morgan fingerprint density at radius 1 is 1.09 bits per heavy atom. The Morgan fingerprint density at radius 2 is 1.73 bits per heavy atom. The van der Waals surface area contributed by atoms with Crippen molar-refractivity contribution in [1.82, 2.24) is 0 Å². The van der Waals surface area contributed by atoms with Crippen LogP contribution < -0.4 is 9.64 Å². The number of alkyl halides is 3. The third-order valence-electron chi connectivity index (χ3n) is 4.66. The zero-order valence-electron chi connectivity index (χ0n) is 18.2. The van der Waals surface area contributed by atoms with E-state index in [2.05, 4.69) is 4.74 Å². The standard InChI is InChI=1S/C19H20F3NO4S.C3H6O2/c1-28(24,25)26-13-16-11-18(12-23(16)15-5-3-2-4-6-15)27-17-9-7-14(8-10-17)19(20,21)22;1-2-5-3-4/h2-10,16,18H,11-13H2,1H3;3H,2H2,1H3/t16-,18+;/m0./s1. The number of anilines is 1. The van der Waals surface area contributed by atoms with E-state index in [1.165, 1.54) is 12.1 Å². The molecule has 2 aromatic rings. The van der Waals surface area contributed by atoms with Crippen molar-refractivity contribution >= 4 is 22.3 Å². The zero-order chi connectivity index (χ0) is 24.5. The molecule has 1 aliphatic heterocycles. The molecule has 11 heteroatoms. The van der Waals surface area contributed by atoms with Gasteiger partial charge in [-0.25, -0.2) is 0 Å². The van der Waals surface area contributed by atoms with Gasteiger partial charge >= 0.3 is 6.18 Å². The van der Waals surface area contributed by atoms with Gasteiger partial charge in [-0.2, -0.15) is 21.6 Å². The smallest absolute Gasteiger partial charge is 0.416 e. The predicted octanol–water partition coefficient (Wildman–Crippen LogP) is 3.89. The average Bonchev–Trinajstić information content (AvgIpc) is 3.16. The van der Waals surface area contributed by atoms with Crippen molar-refractivity contribution in [1.29, 1.82) is 0 Å². The summed E-state index contributed by atoms with van der Waals surface area (Å²) in [7, 11) is -3.59. The van der Waals surface area contributed by atoms with E-state index < -0.39 is 21.9 Å². The summed E-state index contributed by atoms with van der Waals surface area (Å²) in [6.45, 7) is 3.10. The van der Waals surface area contributed by atoms with Crippen LogP contribution in [-0.4, -0.2) is 53.1 Å². The van der Waals surface area contributed by atoms with Gasteiger partial charge < -0.3 is 14.4 Å². The SMILES string of the molecule is CCOC=O.CS(=O)(=O)OC[C@@H]1C[C@@H](Oc2ccc(C(F)(F)F)cc2)CN1c1ccccc1. The second kappa shape index (κ2) is 11.9. The number of carbonyl (C=O) groups is 1. The first-order valence-corrected chi connectivity index (χ1v) is 11.9. The van der Waals surface area contributed by atoms with E-state index in [1.54, 1.807) is 6.92 Å². The maximum absolute atomic E-state index is 12.7. The monoisotopic (exact) mass is 489 g/mol. The van der Waals surface area contributed by atoms with Gasteiger partial charge in [0.1, 0.15) is 11.9 Å². The van der Waals surface area contributed by atoms with Gasteiger partial charge in [0.2, 0.25) is 0 Å². The molecule has 2 atom stereocenters. The Hall–Kier alpha value is -2.79. The van der Waals surface area contributed by atoms with E-state index in [4.69, 9.17) is 8.92 Å². The van der Waals surface area contributed by atoms with E-state index in [-0.39, 0.29) is 18.8 Å². The summed E-state index contributed by atoms with van der Waals surface area (Å²) >= 11 is 0. The molecule has 0 bridgehead atoms. The number of para-hydroxylation sites is 1. The van der Waals surface area contributed by atoms with Crippen molar-refractivity contribution in [2.45, 2.75) is 31.7 Å². The maximum Gasteiger partial charge on any atom is 0.416 e. The highest BCUT2D eigenvalue weighted by Gasteiger charge is 2.35. The van der Waals surface area contributed by atoms with Crippen molar-refractivity contribution in [3.8, 4) is 5.75 Å². The quantitative estimate of drug-likeness (QED) is 0.411. The third kappa shape index (κ3) is 8.93. The van der Waals surface area contributed by atoms with Crippen LogP contribution in [-0.2, 0) is 30.0 Å². The fraction of sp³-hybridized carbons (Fsp3) is 0.409.